The molecule has 0 aliphatic carbocycles. The summed E-state index contributed by atoms with van der Waals surface area (Å²) in [7, 11) is 1.47. The monoisotopic (exact) mass is 328 g/mol. The van der Waals surface area contributed by atoms with Crippen LogP contribution in [0.15, 0.2) is 22.7 Å². The number of anilines is 2. The number of hydrogen-bond donors (Lipinski definition) is 1. The van der Waals surface area contributed by atoms with Crippen molar-refractivity contribution >= 4 is 39.2 Å². The standard InChI is InChI=1S/C11H10BrClN4O/c1-6-3-4-7(12)5-8(6)14-10-15-9(13)16-11(17-10)18-2/h3-5H,1-2H3,(H,14,15,16,17). The molecule has 0 aliphatic rings. The molecule has 0 aliphatic heterocycles. The minimum absolute atomic E-state index is 0.0806. The molecule has 0 bridgehead atoms. The van der Waals surface area contributed by atoms with E-state index in [2.05, 4.69) is 36.2 Å². The summed E-state index contributed by atoms with van der Waals surface area (Å²) in [5.74, 6) is 0.341. The SMILES string of the molecule is COc1nc(Cl)nc(Nc2cc(Br)ccc2C)n1. The van der Waals surface area contributed by atoms with Crippen molar-refractivity contribution in [1.82, 2.24) is 15.0 Å². The van der Waals surface area contributed by atoms with Gasteiger partial charge in [0, 0.05) is 10.2 Å². The van der Waals surface area contributed by atoms with Crippen LogP contribution in [0.4, 0.5) is 11.6 Å². The van der Waals surface area contributed by atoms with Crippen molar-refractivity contribution in [3.8, 4) is 6.01 Å². The van der Waals surface area contributed by atoms with Gasteiger partial charge in [-0.2, -0.15) is 15.0 Å². The Morgan fingerprint density at radius 2 is 2.06 bits per heavy atom. The van der Waals surface area contributed by atoms with Gasteiger partial charge in [0.2, 0.25) is 11.2 Å². The van der Waals surface area contributed by atoms with Crippen LogP contribution in [-0.2, 0) is 0 Å². The van der Waals surface area contributed by atoms with Gasteiger partial charge in [-0.3, -0.25) is 0 Å². The first-order chi connectivity index (χ1) is 8.58. The summed E-state index contributed by atoms with van der Waals surface area (Å²) in [4.78, 5) is 11.9. The number of rotatable bonds is 3. The van der Waals surface area contributed by atoms with Gasteiger partial charge < -0.3 is 10.1 Å². The molecule has 7 heteroatoms. The van der Waals surface area contributed by atoms with Crippen LogP contribution in [0.1, 0.15) is 5.56 Å². The van der Waals surface area contributed by atoms with E-state index in [-0.39, 0.29) is 11.3 Å². The van der Waals surface area contributed by atoms with E-state index in [0.29, 0.717) is 5.95 Å². The Morgan fingerprint density at radius 1 is 1.28 bits per heavy atom. The Hall–Kier alpha value is -1.40. The largest absolute Gasteiger partial charge is 0.467 e. The second kappa shape index (κ2) is 5.49. The van der Waals surface area contributed by atoms with Crippen molar-refractivity contribution in [2.24, 2.45) is 0 Å². The van der Waals surface area contributed by atoms with Crippen molar-refractivity contribution in [2.75, 3.05) is 12.4 Å². The van der Waals surface area contributed by atoms with Gasteiger partial charge in [0.15, 0.2) is 0 Å². The molecule has 2 rings (SSSR count). The van der Waals surface area contributed by atoms with Gasteiger partial charge in [-0.15, -0.1) is 0 Å². The molecule has 5 nitrogen and oxygen atoms in total. The van der Waals surface area contributed by atoms with Crippen molar-refractivity contribution in [2.45, 2.75) is 6.92 Å². The maximum atomic E-state index is 5.77. The number of ether oxygens (including phenoxy) is 1. The third kappa shape index (κ3) is 3.08. The number of benzene rings is 1. The molecule has 0 saturated carbocycles. The zero-order chi connectivity index (χ0) is 13.1. The van der Waals surface area contributed by atoms with Crippen LogP contribution in [0.5, 0.6) is 6.01 Å². The fourth-order valence-electron chi connectivity index (χ4n) is 1.33. The van der Waals surface area contributed by atoms with Crippen molar-refractivity contribution < 1.29 is 4.74 Å². The number of aromatic nitrogens is 3. The van der Waals surface area contributed by atoms with E-state index in [4.69, 9.17) is 16.3 Å². The highest BCUT2D eigenvalue weighted by Crippen LogP contribution is 2.23. The molecule has 1 aromatic heterocycles. The molecule has 1 aromatic carbocycles. The lowest BCUT2D eigenvalue weighted by atomic mass is 10.2. The van der Waals surface area contributed by atoms with Gasteiger partial charge >= 0.3 is 6.01 Å². The first-order valence-corrected chi connectivity index (χ1v) is 6.24. The lowest BCUT2D eigenvalue weighted by Gasteiger charge is -2.09. The Labute approximate surface area is 118 Å². The normalized spacial score (nSPS) is 10.2. The van der Waals surface area contributed by atoms with Crippen molar-refractivity contribution in [3.63, 3.8) is 0 Å². The maximum Gasteiger partial charge on any atom is 0.322 e. The zero-order valence-corrected chi connectivity index (χ0v) is 12.1. The molecule has 0 atom stereocenters. The van der Waals surface area contributed by atoms with E-state index in [0.717, 1.165) is 15.7 Å². The molecule has 0 spiro atoms. The Morgan fingerprint density at radius 3 is 2.78 bits per heavy atom. The van der Waals surface area contributed by atoms with Gasteiger partial charge in [-0.05, 0) is 36.2 Å². The van der Waals surface area contributed by atoms with Crippen LogP contribution < -0.4 is 10.1 Å². The van der Waals surface area contributed by atoms with Gasteiger partial charge in [0.1, 0.15) is 0 Å². The molecule has 0 unspecified atom stereocenters. The molecular formula is C11H10BrClN4O. The quantitative estimate of drug-likeness (QED) is 0.936. The molecule has 94 valence electrons. The lowest BCUT2D eigenvalue weighted by molar-refractivity contribution is 0.379. The summed E-state index contributed by atoms with van der Waals surface area (Å²) in [5, 5.41) is 3.15. The van der Waals surface area contributed by atoms with Crippen LogP contribution in [-0.4, -0.2) is 22.1 Å². The van der Waals surface area contributed by atoms with Gasteiger partial charge in [0.05, 0.1) is 7.11 Å². The highest BCUT2D eigenvalue weighted by molar-refractivity contribution is 9.10. The predicted molar refractivity (Wildman–Crippen MR) is 73.6 cm³/mol. The van der Waals surface area contributed by atoms with Gasteiger partial charge in [-0.1, -0.05) is 22.0 Å². The molecule has 0 radical (unpaired) electrons. The molecular weight excluding hydrogens is 320 g/mol. The number of hydrogen-bond acceptors (Lipinski definition) is 5. The van der Waals surface area contributed by atoms with Gasteiger partial charge in [0.25, 0.3) is 0 Å². The number of halogens is 2. The topological polar surface area (TPSA) is 59.9 Å². The summed E-state index contributed by atoms with van der Waals surface area (Å²) in [6, 6.07) is 6.04. The number of nitrogens with one attached hydrogen (secondary N) is 1. The van der Waals surface area contributed by atoms with Crippen LogP contribution in [0.3, 0.4) is 0 Å². The summed E-state index contributed by atoms with van der Waals surface area (Å²) in [6.45, 7) is 1.98. The maximum absolute atomic E-state index is 5.77. The van der Waals surface area contributed by atoms with Crippen molar-refractivity contribution in [1.29, 1.82) is 0 Å². The van der Waals surface area contributed by atoms with E-state index in [1.165, 1.54) is 7.11 Å². The fourth-order valence-corrected chi connectivity index (χ4v) is 1.84. The number of methoxy groups -OCH3 is 1. The molecule has 2 aromatic rings. The van der Waals surface area contributed by atoms with Crippen LogP contribution >= 0.6 is 27.5 Å². The second-order valence-corrected chi connectivity index (χ2v) is 4.75. The third-order valence-corrected chi connectivity index (χ3v) is 2.88. The molecule has 1 heterocycles. The van der Waals surface area contributed by atoms with Crippen molar-refractivity contribution in [3.05, 3.63) is 33.5 Å². The number of nitrogens with zero attached hydrogens (tertiary/aromatic N) is 3. The fraction of sp³-hybridized carbons (Fsp3) is 0.182. The highest BCUT2D eigenvalue weighted by atomic mass is 79.9. The Balaban J connectivity index is 2.33. The van der Waals surface area contributed by atoms with E-state index in [9.17, 15) is 0 Å². The van der Waals surface area contributed by atoms with E-state index in [1.54, 1.807) is 0 Å². The Bertz CT molecular complexity index is 579. The first kappa shape index (κ1) is 13.0. The number of aryl methyl sites for hydroxylation is 1. The molecule has 1 N–H and O–H groups in total. The Kier molecular flexibility index (Phi) is 3.98. The molecule has 0 fully saturated rings. The highest BCUT2D eigenvalue weighted by Gasteiger charge is 2.07. The summed E-state index contributed by atoms with van der Waals surface area (Å²) in [5.41, 5.74) is 1.95. The third-order valence-electron chi connectivity index (χ3n) is 2.22. The average molecular weight is 330 g/mol. The summed E-state index contributed by atoms with van der Waals surface area (Å²) < 4.78 is 5.89. The van der Waals surface area contributed by atoms with E-state index >= 15 is 0 Å². The molecule has 18 heavy (non-hydrogen) atoms. The molecule has 0 amide bonds. The minimum Gasteiger partial charge on any atom is -0.467 e. The summed E-state index contributed by atoms with van der Waals surface area (Å²) in [6.07, 6.45) is 0. The van der Waals surface area contributed by atoms with Crippen LogP contribution in [0, 0.1) is 6.92 Å². The zero-order valence-electron chi connectivity index (χ0n) is 9.74. The predicted octanol–water partition coefficient (Wildman–Crippen LogP) is 3.35. The minimum atomic E-state index is 0.0806. The average Bonchev–Trinajstić information content (AvgIpc) is 2.33. The van der Waals surface area contributed by atoms with E-state index < -0.39 is 0 Å². The summed E-state index contributed by atoms with van der Waals surface area (Å²) >= 11 is 9.18. The molecule has 0 saturated heterocycles. The lowest BCUT2D eigenvalue weighted by Crippen LogP contribution is -2.02. The van der Waals surface area contributed by atoms with Crippen LogP contribution in [0.2, 0.25) is 5.28 Å². The second-order valence-electron chi connectivity index (χ2n) is 3.50. The smallest absolute Gasteiger partial charge is 0.322 e. The van der Waals surface area contributed by atoms with Crippen LogP contribution in [0.25, 0.3) is 0 Å². The first-order valence-electron chi connectivity index (χ1n) is 5.07. The van der Waals surface area contributed by atoms with Gasteiger partial charge in [-0.25, -0.2) is 0 Å². The van der Waals surface area contributed by atoms with E-state index in [1.807, 2.05) is 25.1 Å².